The van der Waals surface area contributed by atoms with E-state index in [0.29, 0.717) is 57.2 Å². The van der Waals surface area contributed by atoms with E-state index >= 15 is 0 Å². The predicted octanol–water partition coefficient (Wildman–Crippen LogP) is 10.2. The number of carbonyl (C=O) groups excluding carboxylic acids is 7. The van der Waals surface area contributed by atoms with Crippen LogP contribution in [0.5, 0.6) is 0 Å². The molecule has 0 radical (unpaired) electrons. The maximum atomic E-state index is 13.1. The Morgan fingerprint density at radius 2 is 0.889 bits per heavy atom. The number of hydrogen-bond acceptors (Lipinski definition) is 9. The highest BCUT2D eigenvalue weighted by Crippen LogP contribution is 2.43. The molecule has 4 unspecified atom stereocenters. The van der Waals surface area contributed by atoms with Crippen molar-refractivity contribution in [2.75, 3.05) is 60.5 Å². The average molecular weight is 1210 g/mol. The third kappa shape index (κ3) is 10.9. The first-order chi connectivity index (χ1) is 43.1. The molecule has 6 aromatic carbocycles. The number of benzene rings is 6. The van der Waals surface area contributed by atoms with Crippen LogP contribution in [-0.4, -0.2) is 150 Å². The third-order valence-electron chi connectivity index (χ3n) is 18.9. The molecular weight excluding hydrogens is 1130 g/mol. The topological polar surface area (TPSA) is 186 Å². The van der Waals surface area contributed by atoms with Crippen LogP contribution in [0.15, 0.2) is 146 Å². The minimum Gasteiger partial charge on any atom is -0.339 e. The van der Waals surface area contributed by atoms with E-state index in [1.807, 2.05) is 128 Å². The number of hydroxylamine groups is 1. The summed E-state index contributed by atoms with van der Waals surface area (Å²) in [6.45, 7) is 11.3. The minimum absolute atomic E-state index is 0. The fourth-order valence-corrected chi connectivity index (χ4v) is 14.5. The molecule has 6 aliphatic rings. The van der Waals surface area contributed by atoms with Crippen LogP contribution in [0.1, 0.15) is 133 Å². The molecule has 9 aromatic rings. The number of likely N-dealkylation sites (N-methyl/N-ethyl adjacent to an activating group) is 3. The quantitative estimate of drug-likeness (QED) is 0.0722. The summed E-state index contributed by atoms with van der Waals surface area (Å²) in [4.78, 5) is 98.0. The van der Waals surface area contributed by atoms with Gasteiger partial charge in [-0.3, -0.25) is 38.9 Å². The minimum atomic E-state index is -0.562. The lowest BCUT2D eigenvalue weighted by Gasteiger charge is -2.42. The van der Waals surface area contributed by atoms with Gasteiger partial charge in [-0.15, -0.1) is 0 Å². The highest BCUT2D eigenvalue weighted by molar-refractivity contribution is 6.00. The van der Waals surface area contributed by atoms with Gasteiger partial charge < -0.3 is 38.2 Å². The fraction of sp³-hybridized carbons (Fsp3) is 0.319. The Balaban J connectivity index is 0.000000130. The third-order valence-corrected chi connectivity index (χ3v) is 18.9. The van der Waals surface area contributed by atoms with Crippen molar-refractivity contribution in [1.29, 1.82) is 0 Å². The van der Waals surface area contributed by atoms with Gasteiger partial charge in [0, 0.05) is 159 Å². The van der Waals surface area contributed by atoms with Gasteiger partial charge in [-0.25, -0.2) is 10.3 Å². The highest BCUT2D eigenvalue weighted by atomic mass is 16.5. The summed E-state index contributed by atoms with van der Waals surface area (Å²) in [6.07, 6.45) is 1.05. The van der Waals surface area contributed by atoms with Gasteiger partial charge >= 0.3 is 6.03 Å². The lowest BCUT2D eigenvalue weighted by Crippen LogP contribution is -2.53. The molecule has 18 heteroatoms. The number of fused-ring (bicyclic) bond motifs is 18. The van der Waals surface area contributed by atoms with Crippen LogP contribution < -0.4 is 5.48 Å². The number of urea groups is 1. The van der Waals surface area contributed by atoms with Crippen molar-refractivity contribution in [2.45, 2.75) is 91.1 Å². The molecule has 15 rings (SSSR count). The van der Waals surface area contributed by atoms with Crippen LogP contribution in [0, 0.1) is 0 Å². The number of carbonyl (C=O) groups is 7. The van der Waals surface area contributed by atoms with Crippen LogP contribution in [0.25, 0.3) is 32.7 Å². The van der Waals surface area contributed by atoms with Gasteiger partial charge in [0.15, 0.2) is 11.6 Å². The van der Waals surface area contributed by atoms with Gasteiger partial charge in [-0.2, -0.15) is 0 Å². The molecule has 90 heavy (non-hydrogen) atoms. The van der Waals surface area contributed by atoms with Gasteiger partial charge in [0.25, 0.3) is 5.91 Å². The fourth-order valence-electron chi connectivity index (χ4n) is 14.5. The van der Waals surface area contributed by atoms with E-state index in [1.165, 1.54) is 49.2 Å². The monoisotopic (exact) mass is 1210 g/mol. The molecule has 2 N–H and O–H groups in total. The number of amides is 6. The molecule has 4 atom stereocenters. The van der Waals surface area contributed by atoms with Crippen LogP contribution >= 0.6 is 0 Å². The lowest BCUT2D eigenvalue weighted by molar-refractivity contribution is -0.139. The molecule has 462 valence electrons. The van der Waals surface area contributed by atoms with Gasteiger partial charge in [-0.05, 0) is 63.7 Å². The van der Waals surface area contributed by atoms with E-state index in [2.05, 4.69) is 67.1 Å². The molecule has 3 fully saturated rings. The molecule has 6 amide bonds. The SMILES string of the molecule is C.CCC(=O)c1ccc(Cn2c3c(c4ccccc42)C2CN(C)C(=O)N(C3)C2)cc1.CCC(=O)c1ccc(Cn2c3c(c4ccccc42)C2CN(C3)CN(C)C2=O)cc1.CN1CC(=O)N2Cc3c(c4ccccc4n3Cc3ccc(C(=O)NO)cc3)C(C2)C1=O. The van der Waals surface area contributed by atoms with E-state index < -0.39 is 5.91 Å². The van der Waals surface area contributed by atoms with Gasteiger partial charge in [0.1, 0.15) is 0 Å². The molecule has 0 spiro atoms. The van der Waals surface area contributed by atoms with Crippen LogP contribution in [0.4, 0.5) is 4.79 Å². The summed E-state index contributed by atoms with van der Waals surface area (Å²) in [6, 6.07) is 48.0. The Kier molecular flexibility index (Phi) is 16.7. The van der Waals surface area contributed by atoms with Crippen molar-refractivity contribution in [3.63, 3.8) is 0 Å². The molecule has 18 nitrogen and oxygen atoms in total. The van der Waals surface area contributed by atoms with Gasteiger partial charge in [0.05, 0.1) is 38.1 Å². The standard InChI is InChI=1S/2C24H25N3O2.C23H22N4O4.CH4/c1-3-22(28)17-10-8-16(9-11-17)12-27-20-7-5-4-6-19(20)23-18-13-25(2)24(29)26(14-18)15-21(23)27;1-3-22(28)17-10-8-16(9-11-17)12-27-20-7-5-4-6-18(20)23-19-13-26(14-21(23)27)15-25(2)24(19)29;1-25-13-20(28)26-11-17(23(25)30)21-16-4-2-3-5-18(16)27(19(21)12-26)10-14-6-8-15(9-7-14)22(29)24-31;/h4-11,18H,3,12-15H2,1-2H3;4-11,19H,3,12-15H2,1-2H3;2-9,17,31H,10-13H2,1H3,(H,24,29);1H4. The lowest BCUT2D eigenvalue weighted by atomic mass is 9.89. The van der Waals surface area contributed by atoms with Gasteiger partial charge in [-0.1, -0.05) is 137 Å². The summed E-state index contributed by atoms with van der Waals surface area (Å²) in [5.74, 6) is -0.195. The molecule has 6 bridgehead atoms. The molecule has 3 aromatic heterocycles. The molecular formula is C72H76N10O8. The number of Topliss-reactive ketones (excluding diaryl/α,β-unsaturated/α-hetero) is 2. The summed E-state index contributed by atoms with van der Waals surface area (Å²) >= 11 is 0. The molecule has 0 aliphatic carbocycles. The van der Waals surface area contributed by atoms with E-state index in [4.69, 9.17) is 5.21 Å². The number of hydrogen-bond donors (Lipinski definition) is 2. The van der Waals surface area contributed by atoms with Gasteiger partial charge in [0.2, 0.25) is 17.7 Å². The van der Waals surface area contributed by atoms with E-state index in [-0.39, 0.29) is 61.1 Å². The number of nitrogens with zero attached hydrogens (tertiary/aromatic N) is 9. The Morgan fingerprint density at radius 3 is 1.38 bits per heavy atom. The zero-order chi connectivity index (χ0) is 61.9. The smallest absolute Gasteiger partial charge is 0.320 e. The Morgan fingerprint density at radius 1 is 0.467 bits per heavy atom. The van der Waals surface area contributed by atoms with E-state index in [9.17, 15) is 33.6 Å². The van der Waals surface area contributed by atoms with Crippen molar-refractivity contribution in [3.05, 3.63) is 213 Å². The maximum absolute atomic E-state index is 13.1. The Bertz CT molecular complexity index is 4310. The molecule has 0 saturated carbocycles. The van der Waals surface area contributed by atoms with E-state index in [0.717, 1.165) is 89.2 Å². The second-order valence-corrected chi connectivity index (χ2v) is 24.5. The highest BCUT2D eigenvalue weighted by Gasteiger charge is 2.43. The van der Waals surface area contributed by atoms with E-state index in [1.54, 1.807) is 29.6 Å². The van der Waals surface area contributed by atoms with Crippen molar-refractivity contribution in [3.8, 4) is 0 Å². The van der Waals surface area contributed by atoms with Crippen LogP contribution in [-0.2, 0) is 53.7 Å². The first-order valence-corrected chi connectivity index (χ1v) is 30.7. The number of ketones is 2. The number of aromatic nitrogens is 3. The van der Waals surface area contributed by atoms with Crippen LogP contribution in [0.2, 0.25) is 0 Å². The number of para-hydroxylation sites is 3. The first kappa shape index (κ1) is 60.6. The second kappa shape index (κ2) is 24.7. The summed E-state index contributed by atoms with van der Waals surface area (Å²) < 4.78 is 6.88. The van der Waals surface area contributed by atoms with Crippen LogP contribution in [0.3, 0.4) is 0 Å². The maximum Gasteiger partial charge on any atom is 0.320 e. The largest absolute Gasteiger partial charge is 0.339 e. The zero-order valence-corrected chi connectivity index (χ0v) is 50.8. The van der Waals surface area contributed by atoms with Crippen molar-refractivity contribution in [2.24, 2.45) is 0 Å². The predicted molar refractivity (Wildman–Crippen MR) is 345 cm³/mol. The first-order valence-electron chi connectivity index (χ1n) is 30.7. The number of rotatable bonds is 11. The second-order valence-electron chi connectivity index (χ2n) is 24.5. The zero-order valence-electron chi connectivity index (χ0n) is 50.8. The molecule has 6 aliphatic heterocycles. The average Bonchev–Trinajstić information content (AvgIpc) is 1.60. The Labute approximate surface area is 523 Å². The van der Waals surface area contributed by atoms with Crippen molar-refractivity contribution < 1.29 is 38.8 Å². The molecule has 9 heterocycles. The van der Waals surface area contributed by atoms with Crippen molar-refractivity contribution in [1.82, 2.24) is 48.6 Å². The van der Waals surface area contributed by atoms with Crippen molar-refractivity contribution >= 4 is 73.9 Å². The normalized spacial score (nSPS) is 18.8. The summed E-state index contributed by atoms with van der Waals surface area (Å²) in [5.41, 5.74) is 17.3. The number of nitrogens with one attached hydrogen (secondary N) is 1. The summed E-state index contributed by atoms with van der Waals surface area (Å²) in [7, 11) is 5.47. The summed E-state index contributed by atoms with van der Waals surface area (Å²) in [5, 5.41) is 12.3. The Hall–Kier alpha value is -9.65. The molecule has 3 saturated heterocycles.